The lowest BCUT2D eigenvalue weighted by Gasteiger charge is -2.34. The van der Waals surface area contributed by atoms with E-state index in [0.717, 1.165) is 19.2 Å². The maximum atomic E-state index is 14.5. The standard InChI is InChI=1S/C25H27F9N6O4/c1-6-40(22(41)38-17(23(26,27)28)8-18(43-4)24(29,30)31)19(25(32,33)34)14-7-13(16(42-3)9-35-14)15-11-39-10-12(2)36-20(39)21(37-15)44-5/h7,9-11,17-19H,6,8H2,1-5H3,(H,38,41). The van der Waals surface area contributed by atoms with Crippen molar-refractivity contribution >= 4 is 11.7 Å². The second-order valence-corrected chi connectivity index (χ2v) is 9.33. The summed E-state index contributed by atoms with van der Waals surface area (Å²) in [6, 6.07) is -7.20. The van der Waals surface area contributed by atoms with Crippen molar-refractivity contribution in [2.75, 3.05) is 27.9 Å². The zero-order chi connectivity index (χ0) is 33.2. The molecule has 19 heteroatoms. The number of hydrogen-bond donors (Lipinski definition) is 1. The molecule has 0 aliphatic heterocycles. The summed E-state index contributed by atoms with van der Waals surface area (Å²) in [5.74, 6) is -0.0489. The molecule has 0 bridgehead atoms. The van der Waals surface area contributed by atoms with Gasteiger partial charge in [0.2, 0.25) is 5.65 Å². The first-order chi connectivity index (χ1) is 20.3. The highest BCUT2D eigenvalue weighted by atomic mass is 19.4. The molecule has 3 unspecified atom stereocenters. The van der Waals surface area contributed by atoms with E-state index in [4.69, 9.17) is 9.47 Å². The molecule has 1 N–H and O–H groups in total. The quantitative estimate of drug-likeness (QED) is 0.284. The van der Waals surface area contributed by atoms with Gasteiger partial charge in [0.15, 0.2) is 12.1 Å². The van der Waals surface area contributed by atoms with E-state index < -0.39 is 61.4 Å². The third-order valence-corrected chi connectivity index (χ3v) is 6.40. The zero-order valence-electron chi connectivity index (χ0n) is 23.7. The minimum atomic E-state index is -5.47. The molecule has 244 valence electrons. The van der Waals surface area contributed by atoms with Gasteiger partial charge in [-0.3, -0.25) is 4.98 Å². The molecule has 3 aromatic rings. The molecular weight excluding hydrogens is 619 g/mol. The Bertz CT molecular complexity index is 1460. The third-order valence-electron chi connectivity index (χ3n) is 6.40. The van der Waals surface area contributed by atoms with E-state index in [2.05, 4.69) is 19.7 Å². The fraction of sp³-hybridized carbons (Fsp3) is 0.520. The molecule has 3 heterocycles. The summed E-state index contributed by atoms with van der Waals surface area (Å²) in [4.78, 5) is 25.2. The van der Waals surface area contributed by atoms with Crippen LogP contribution >= 0.6 is 0 Å². The van der Waals surface area contributed by atoms with Gasteiger partial charge in [-0.25, -0.2) is 14.8 Å². The average molecular weight is 647 g/mol. The largest absolute Gasteiger partial charge is 0.494 e. The molecule has 3 atom stereocenters. The fourth-order valence-electron chi connectivity index (χ4n) is 4.36. The fourth-order valence-corrected chi connectivity index (χ4v) is 4.36. The minimum Gasteiger partial charge on any atom is -0.494 e. The van der Waals surface area contributed by atoms with E-state index in [9.17, 15) is 44.3 Å². The predicted octanol–water partition coefficient (Wildman–Crippen LogP) is 5.65. The van der Waals surface area contributed by atoms with Gasteiger partial charge in [-0.05, 0) is 19.9 Å². The van der Waals surface area contributed by atoms with Crippen LogP contribution in [0.25, 0.3) is 16.9 Å². The molecule has 0 aliphatic rings. The van der Waals surface area contributed by atoms with Crippen molar-refractivity contribution in [2.24, 2.45) is 0 Å². The van der Waals surface area contributed by atoms with Gasteiger partial charge in [0.25, 0.3) is 5.88 Å². The van der Waals surface area contributed by atoms with E-state index in [0.29, 0.717) is 18.5 Å². The summed E-state index contributed by atoms with van der Waals surface area (Å²) in [7, 11) is 3.00. The number of nitrogens with one attached hydrogen (secondary N) is 1. The van der Waals surface area contributed by atoms with Crippen LogP contribution in [0.5, 0.6) is 11.6 Å². The van der Waals surface area contributed by atoms with Crippen LogP contribution in [-0.2, 0) is 4.74 Å². The van der Waals surface area contributed by atoms with E-state index in [1.807, 2.05) is 0 Å². The Morgan fingerprint density at radius 1 is 0.977 bits per heavy atom. The number of rotatable bonds is 10. The van der Waals surface area contributed by atoms with Gasteiger partial charge < -0.3 is 28.8 Å². The first-order valence-electron chi connectivity index (χ1n) is 12.6. The molecule has 0 saturated heterocycles. The summed E-state index contributed by atoms with van der Waals surface area (Å²) < 4.78 is 140. The van der Waals surface area contributed by atoms with Gasteiger partial charge in [0, 0.05) is 38.0 Å². The van der Waals surface area contributed by atoms with Gasteiger partial charge in [-0.15, -0.1) is 0 Å². The average Bonchev–Trinajstić information content (AvgIpc) is 3.30. The Balaban J connectivity index is 2.09. The number of aromatic nitrogens is 4. The van der Waals surface area contributed by atoms with Crippen LogP contribution in [0.2, 0.25) is 0 Å². The molecule has 3 aromatic heterocycles. The minimum absolute atomic E-state index is 0.00404. The Morgan fingerprint density at radius 2 is 1.64 bits per heavy atom. The zero-order valence-corrected chi connectivity index (χ0v) is 23.7. The summed E-state index contributed by atoms with van der Waals surface area (Å²) in [5.41, 5.74) is -0.0202. The summed E-state index contributed by atoms with van der Waals surface area (Å²) in [5, 5.41) is 1.26. The van der Waals surface area contributed by atoms with Crippen LogP contribution < -0.4 is 14.8 Å². The molecule has 0 radical (unpaired) electrons. The number of halogens is 9. The number of alkyl halides is 9. The second-order valence-electron chi connectivity index (χ2n) is 9.33. The van der Waals surface area contributed by atoms with Crippen molar-refractivity contribution in [2.45, 2.75) is 57.0 Å². The molecular formula is C25H27F9N6O4. The summed E-state index contributed by atoms with van der Waals surface area (Å²) >= 11 is 0. The van der Waals surface area contributed by atoms with E-state index in [1.165, 1.54) is 30.1 Å². The van der Waals surface area contributed by atoms with E-state index in [1.54, 1.807) is 13.1 Å². The number of pyridine rings is 1. The smallest absolute Gasteiger partial charge is 0.414 e. The monoisotopic (exact) mass is 646 g/mol. The highest BCUT2D eigenvalue weighted by Gasteiger charge is 2.51. The lowest BCUT2D eigenvalue weighted by Crippen LogP contribution is -2.55. The normalized spacial score (nSPS) is 14.7. The molecule has 0 spiro atoms. The van der Waals surface area contributed by atoms with Crippen molar-refractivity contribution in [1.82, 2.24) is 29.6 Å². The van der Waals surface area contributed by atoms with Crippen molar-refractivity contribution in [3.8, 4) is 22.9 Å². The number of fused-ring (bicyclic) bond motifs is 1. The van der Waals surface area contributed by atoms with Gasteiger partial charge >= 0.3 is 24.6 Å². The molecule has 10 nitrogen and oxygen atoms in total. The topological polar surface area (TPSA) is 103 Å². The Labute approximate surface area is 244 Å². The van der Waals surface area contributed by atoms with Gasteiger partial charge in [0.1, 0.15) is 11.8 Å². The Kier molecular flexibility index (Phi) is 10.1. The maximum Gasteiger partial charge on any atom is 0.414 e. The van der Waals surface area contributed by atoms with Gasteiger partial charge in [0.05, 0.1) is 37.5 Å². The summed E-state index contributed by atoms with van der Waals surface area (Å²) in [6.07, 6.45) is -16.9. The SMILES string of the molecule is CCN(C(=O)NC(CC(OC)C(F)(F)F)C(F)(F)F)C(c1cc(-c2cn3cc(C)nc3c(OC)n2)c(OC)cn1)C(F)(F)F. The van der Waals surface area contributed by atoms with Crippen LogP contribution in [0.15, 0.2) is 24.7 Å². The second kappa shape index (κ2) is 12.9. The number of carbonyl (C=O) groups excluding carboxylic acids is 1. The molecule has 0 saturated carbocycles. The van der Waals surface area contributed by atoms with Crippen LogP contribution in [0.1, 0.15) is 30.8 Å². The number of amides is 2. The van der Waals surface area contributed by atoms with Crippen molar-refractivity contribution in [3.05, 3.63) is 36.0 Å². The molecule has 0 aromatic carbocycles. The molecule has 2 amide bonds. The molecule has 3 rings (SSSR count). The third kappa shape index (κ3) is 7.54. The maximum absolute atomic E-state index is 14.5. The van der Waals surface area contributed by atoms with Gasteiger partial charge in [-0.1, -0.05) is 0 Å². The molecule has 0 fully saturated rings. The van der Waals surface area contributed by atoms with E-state index >= 15 is 0 Å². The Morgan fingerprint density at radius 3 is 2.14 bits per heavy atom. The molecule has 44 heavy (non-hydrogen) atoms. The first-order valence-corrected chi connectivity index (χ1v) is 12.6. The highest BCUT2D eigenvalue weighted by Crippen LogP contribution is 2.41. The first kappa shape index (κ1) is 34.5. The van der Waals surface area contributed by atoms with Crippen molar-refractivity contribution < 1.29 is 58.5 Å². The lowest BCUT2D eigenvalue weighted by molar-refractivity contribution is -0.228. The van der Waals surface area contributed by atoms with Crippen LogP contribution in [0.3, 0.4) is 0 Å². The number of urea groups is 1. The highest BCUT2D eigenvalue weighted by molar-refractivity contribution is 5.76. The summed E-state index contributed by atoms with van der Waals surface area (Å²) in [6.45, 7) is 1.90. The molecule has 0 aliphatic carbocycles. The number of carbonyl (C=O) groups is 1. The lowest BCUT2D eigenvalue weighted by atomic mass is 10.1. The predicted molar refractivity (Wildman–Crippen MR) is 135 cm³/mol. The number of imidazole rings is 1. The van der Waals surface area contributed by atoms with Crippen molar-refractivity contribution in [1.29, 1.82) is 0 Å². The van der Waals surface area contributed by atoms with Crippen molar-refractivity contribution in [3.63, 3.8) is 0 Å². The van der Waals surface area contributed by atoms with Gasteiger partial charge in [-0.2, -0.15) is 39.5 Å². The number of methoxy groups -OCH3 is 3. The number of hydrogen-bond acceptors (Lipinski definition) is 7. The number of nitrogens with zero attached hydrogens (tertiary/aromatic N) is 5. The van der Waals surface area contributed by atoms with Crippen LogP contribution in [0, 0.1) is 6.92 Å². The van der Waals surface area contributed by atoms with Crippen LogP contribution in [-0.4, -0.2) is 88.8 Å². The number of aryl methyl sites for hydroxylation is 1. The van der Waals surface area contributed by atoms with E-state index in [-0.39, 0.29) is 27.8 Å². The Hall–Kier alpha value is -4.03. The number of ether oxygens (including phenoxy) is 3. The van der Waals surface area contributed by atoms with Crippen LogP contribution in [0.4, 0.5) is 44.3 Å².